The molecule has 1 aromatic carbocycles. The van der Waals surface area contributed by atoms with E-state index in [-0.39, 0.29) is 0 Å². The first-order valence-corrected chi connectivity index (χ1v) is 5.59. The van der Waals surface area contributed by atoms with Gasteiger partial charge in [-0.05, 0) is 34.1 Å². The van der Waals surface area contributed by atoms with Gasteiger partial charge in [0.1, 0.15) is 0 Å². The average Bonchev–Trinajstić information content (AvgIpc) is 2.69. The second kappa shape index (κ2) is 4.68. The number of anilines is 1. The zero-order valence-corrected chi connectivity index (χ0v) is 10.1. The first-order chi connectivity index (χ1) is 7.25. The molecular formula is C10H9BrClN3. The first-order valence-electron chi connectivity index (χ1n) is 4.42. The van der Waals surface area contributed by atoms with E-state index in [1.807, 2.05) is 18.2 Å². The molecule has 2 N–H and O–H groups in total. The van der Waals surface area contributed by atoms with Crippen LogP contribution in [-0.4, -0.2) is 9.97 Å². The van der Waals surface area contributed by atoms with Crippen molar-refractivity contribution in [1.29, 1.82) is 0 Å². The molecule has 2 rings (SSSR count). The van der Waals surface area contributed by atoms with Crippen molar-refractivity contribution in [2.45, 2.75) is 6.54 Å². The third kappa shape index (κ3) is 2.73. The fraction of sp³-hybridized carbons (Fsp3) is 0.100. The Labute approximate surface area is 101 Å². The van der Waals surface area contributed by atoms with Crippen LogP contribution in [0.15, 0.2) is 35.2 Å². The summed E-state index contributed by atoms with van der Waals surface area (Å²) in [5.74, 6) is 0. The van der Waals surface area contributed by atoms with Gasteiger partial charge in [-0.1, -0.05) is 11.6 Å². The van der Waals surface area contributed by atoms with Crippen LogP contribution in [0.5, 0.6) is 0 Å². The molecule has 0 saturated carbocycles. The summed E-state index contributed by atoms with van der Waals surface area (Å²) in [6.07, 6.45) is 3.45. The number of H-pyrrole nitrogens is 1. The minimum absolute atomic E-state index is 0.709. The summed E-state index contributed by atoms with van der Waals surface area (Å²) in [4.78, 5) is 6.97. The predicted octanol–water partition coefficient (Wildman–Crippen LogP) is 3.44. The van der Waals surface area contributed by atoms with Crippen LogP contribution in [0.4, 0.5) is 5.69 Å². The van der Waals surface area contributed by atoms with Crippen LogP contribution in [0.25, 0.3) is 0 Å². The number of rotatable bonds is 3. The summed E-state index contributed by atoms with van der Waals surface area (Å²) in [7, 11) is 0. The number of benzene rings is 1. The average molecular weight is 287 g/mol. The number of imidazole rings is 1. The molecule has 0 amide bonds. The molecule has 1 heterocycles. The van der Waals surface area contributed by atoms with Crippen LogP contribution in [0.3, 0.4) is 0 Å². The van der Waals surface area contributed by atoms with Crippen molar-refractivity contribution in [3.63, 3.8) is 0 Å². The van der Waals surface area contributed by atoms with Gasteiger partial charge in [0.15, 0.2) is 0 Å². The van der Waals surface area contributed by atoms with E-state index in [2.05, 4.69) is 31.2 Å². The Morgan fingerprint density at radius 2 is 2.33 bits per heavy atom. The Morgan fingerprint density at radius 3 is 3.00 bits per heavy atom. The maximum Gasteiger partial charge on any atom is 0.0922 e. The molecule has 0 bridgehead atoms. The molecule has 0 aliphatic rings. The highest BCUT2D eigenvalue weighted by atomic mass is 79.9. The van der Waals surface area contributed by atoms with Gasteiger partial charge in [0.25, 0.3) is 0 Å². The first kappa shape index (κ1) is 10.5. The highest BCUT2D eigenvalue weighted by Gasteiger charge is 2.00. The van der Waals surface area contributed by atoms with E-state index in [4.69, 9.17) is 11.6 Å². The van der Waals surface area contributed by atoms with E-state index in [1.165, 1.54) is 0 Å². The van der Waals surface area contributed by atoms with Gasteiger partial charge in [0.05, 0.1) is 18.6 Å². The molecule has 78 valence electrons. The molecule has 3 nitrogen and oxygen atoms in total. The van der Waals surface area contributed by atoms with Gasteiger partial charge in [-0.3, -0.25) is 0 Å². The number of nitrogens with zero attached hydrogens (tertiary/aromatic N) is 1. The molecular weight excluding hydrogens is 277 g/mol. The van der Waals surface area contributed by atoms with E-state index < -0.39 is 0 Å². The molecule has 1 aromatic heterocycles. The molecule has 0 aliphatic heterocycles. The van der Waals surface area contributed by atoms with Crippen molar-refractivity contribution in [3.05, 3.63) is 45.9 Å². The zero-order valence-electron chi connectivity index (χ0n) is 7.80. The number of aromatic nitrogens is 2. The Bertz CT molecular complexity index is 442. The summed E-state index contributed by atoms with van der Waals surface area (Å²) in [5, 5.41) is 3.98. The second-order valence-corrected chi connectivity index (χ2v) is 4.35. The zero-order chi connectivity index (χ0) is 10.7. The number of nitrogens with one attached hydrogen (secondary N) is 2. The lowest BCUT2D eigenvalue weighted by atomic mass is 10.3. The van der Waals surface area contributed by atoms with Crippen molar-refractivity contribution < 1.29 is 0 Å². The van der Waals surface area contributed by atoms with Crippen LogP contribution in [-0.2, 0) is 6.54 Å². The van der Waals surface area contributed by atoms with E-state index in [1.54, 1.807) is 12.5 Å². The minimum Gasteiger partial charge on any atom is -0.379 e. The lowest BCUT2D eigenvalue weighted by molar-refractivity contribution is 1.07. The van der Waals surface area contributed by atoms with E-state index in [0.717, 1.165) is 15.9 Å². The number of hydrogen-bond acceptors (Lipinski definition) is 2. The molecule has 15 heavy (non-hydrogen) atoms. The molecule has 0 saturated heterocycles. The van der Waals surface area contributed by atoms with Gasteiger partial charge >= 0.3 is 0 Å². The van der Waals surface area contributed by atoms with Crippen LogP contribution >= 0.6 is 27.5 Å². The predicted molar refractivity (Wildman–Crippen MR) is 65.1 cm³/mol. The van der Waals surface area contributed by atoms with Gasteiger partial charge in [-0.2, -0.15) is 0 Å². The fourth-order valence-corrected chi connectivity index (χ4v) is 2.03. The van der Waals surface area contributed by atoms with Crippen molar-refractivity contribution in [3.8, 4) is 0 Å². The van der Waals surface area contributed by atoms with E-state index in [9.17, 15) is 0 Å². The molecule has 0 aliphatic carbocycles. The number of halogens is 2. The van der Waals surface area contributed by atoms with E-state index in [0.29, 0.717) is 11.6 Å². The van der Waals surface area contributed by atoms with Gasteiger partial charge in [-0.25, -0.2) is 4.98 Å². The smallest absolute Gasteiger partial charge is 0.0922 e. The molecule has 0 unspecified atom stereocenters. The van der Waals surface area contributed by atoms with E-state index >= 15 is 0 Å². The van der Waals surface area contributed by atoms with Crippen molar-refractivity contribution in [2.24, 2.45) is 0 Å². The third-order valence-corrected chi connectivity index (χ3v) is 2.85. The Balaban J connectivity index is 2.05. The highest BCUT2D eigenvalue weighted by Crippen LogP contribution is 2.26. The molecule has 0 atom stereocenters. The van der Waals surface area contributed by atoms with Crippen LogP contribution in [0.1, 0.15) is 5.69 Å². The summed E-state index contributed by atoms with van der Waals surface area (Å²) in [6, 6.07) is 5.64. The molecule has 5 heteroatoms. The van der Waals surface area contributed by atoms with Crippen LogP contribution < -0.4 is 5.32 Å². The molecule has 2 aromatic rings. The lowest BCUT2D eigenvalue weighted by Crippen LogP contribution is -1.99. The van der Waals surface area contributed by atoms with Crippen LogP contribution in [0, 0.1) is 0 Å². The minimum atomic E-state index is 0.709. The van der Waals surface area contributed by atoms with Crippen molar-refractivity contribution in [1.82, 2.24) is 9.97 Å². The number of hydrogen-bond donors (Lipinski definition) is 2. The van der Waals surface area contributed by atoms with Crippen LogP contribution in [0.2, 0.25) is 5.02 Å². The van der Waals surface area contributed by atoms with Gasteiger partial charge in [0.2, 0.25) is 0 Å². The largest absolute Gasteiger partial charge is 0.379 e. The highest BCUT2D eigenvalue weighted by molar-refractivity contribution is 9.10. The molecule has 0 spiro atoms. The Kier molecular flexibility index (Phi) is 3.28. The summed E-state index contributed by atoms with van der Waals surface area (Å²) in [6.45, 7) is 0.709. The topological polar surface area (TPSA) is 40.7 Å². The second-order valence-electron chi connectivity index (χ2n) is 3.05. The van der Waals surface area contributed by atoms with Crippen molar-refractivity contribution >= 4 is 33.2 Å². The number of aromatic amines is 1. The van der Waals surface area contributed by atoms with Gasteiger partial charge < -0.3 is 10.3 Å². The molecule has 0 fully saturated rings. The summed E-state index contributed by atoms with van der Waals surface area (Å²) >= 11 is 9.28. The summed E-state index contributed by atoms with van der Waals surface area (Å²) in [5.41, 5.74) is 2.05. The van der Waals surface area contributed by atoms with Gasteiger partial charge in [0, 0.05) is 21.4 Å². The quantitative estimate of drug-likeness (QED) is 0.907. The Morgan fingerprint density at radius 1 is 1.47 bits per heavy atom. The third-order valence-electron chi connectivity index (χ3n) is 1.96. The maximum atomic E-state index is 5.84. The van der Waals surface area contributed by atoms with Crippen molar-refractivity contribution in [2.75, 3.05) is 5.32 Å². The van der Waals surface area contributed by atoms with Gasteiger partial charge in [-0.15, -0.1) is 0 Å². The Hall–Kier alpha value is -1.00. The normalized spacial score (nSPS) is 10.3. The SMILES string of the molecule is Clc1ccc(NCc2cnc[nH]2)c(Br)c1. The monoisotopic (exact) mass is 285 g/mol. The lowest BCUT2D eigenvalue weighted by Gasteiger charge is -2.07. The standard InChI is InChI=1S/C10H9BrClN3/c11-9-3-7(12)1-2-10(9)14-5-8-4-13-6-15-8/h1-4,6,14H,5H2,(H,13,15). The maximum absolute atomic E-state index is 5.84. The summed E-state index contributed by atoms with van der Waals surface area (Å²) < 4.78 is 0.953. The fourth-order valence-electron chi connectivity index (χ4n) is 1.20. The molecule has 0 radical (unpaired) electrons.